The molecule has 0 aliphatic carbocycles. The fourth-order valence-corrected chi connectivity index (χ4v) is 2.40. The van der Waals surface area contributed by atoms with E-state index in [-0.39, 0.29) is 11.7 Å². The van der Waals surface area contributed by atoms with Crippen LogP contribution in [0.1, 0.15) is 56.5 Å². The molecular weight excluding hydrogens is 264 g/mol. The molecule has 4 heteroatoms. The predicted molar refractivity (Wildman–Crippen MR) is 86.6 cm³/mol. The van der Waals surface area contributed by atoms with E-state index < -0.39 is 0 Å². The molecule has 0 aromatic heterocycles. The lowest BCUT2D eigenvalue weighted by Gasteiger charge is -2.23. The van der Waals surface area contributed by atoms with Gasteiger partial charge >= 0.3 is 0 Å². The average molecular weight is 290 g/mol. The topological polar surface area (TPSA) is 49.4 Å². The molecule has 0 aliphatic rings. The number of ketones is 1. The van der Waals surface area contributed by atoms with Crippen molar-refractivity contribution in [1.29, 1.82) is 0 Å². The molecule has 1 aromatic carbocycles. The predicted octanol–water partition coefficient (Wildman–Crippen LogP) is 3.47. The van der Waals surface area contributed by atoms with Crippen LogP contribution in [-0.2, 0) is 11.3 Å². The first-order chi connectivity index (χ1) is 9.97. The summed E-state index contributed by atoms with van der Waals surface area (Å²) in [5.74, 6) is -0.0486. The van der Waals surface area contributed by atoms with Crippen LogP contribution in [0, 0.1) is 0 Å². The fourth-order valence-electron chi connectivity index (χ4n) is 2.40. The highest BCUT2D eigenvalue weighted by atomic mass is 16.1. The van der Waals surface area contributed by atoms with Crippen LogP contribution >= 0.6 is 0 Å². The number of nitrogens with zero attached hydrogens (tertiary/aromatic N) is 1. The number of nitrogens with one attached hydrogen (secondary N) is 1. The summed E-state index contributed by atoms with van der Waals surface area (Å²) in [7, 11) is 0. The van der Waals surface area contributed by atoms with Crippen LogP contribution in [0.25, 0.3) is 0 Å². The van der Waals surface area contributed by atoms with Gasteiger partial charge in [-0.15, -0.1) is 0 Å². The van der Waals surface area contributed by atoms with Crippen molar-refractivity contribution in [2.45, 2.75) is 47.1 Å². The summed E-state index contributed by atoms with van der Waals surface area (Å²) in [5.41, 5.74) is 2.48. The van der Waals surface area contributed by atoms with Crippen LogP contribution in [-0.4, -0.2) is 29.7 Å². The van der Waals surface area contributed by atoms with Gasteiger partial charge in [-0.05, 0) is 56.6 Å². The maximum absolute atomic E-state index is 11.6. The van der Waals surface area contributed by atoms with Crippen LogP contribution < -0.4 is 5.32 Å². The zero-order chi connectivity index (χ0) is 15.8. The second-order valence-corrected chi connectivity index (χ2v) is 5.39. The molecule has 1 rings (SSSR count). The maximum Gasteiger partial charge on any atom is 0.221 e. The van der Waals surface area contributed by atoms with E-state index in [0.717, 1.165) is 43.7 Å². The number of hydrogen-bond donors (Lipinski definition) is 1. The molecule has 0 fully saturated rings. The summed E-state index contributed by atoms with van der Waals surface area (Å²) in [5, 5.41) is 2.85. The molecule has 1 N–H and O–H groups in total. The lowest BCUT2D eigenvalue weighted by Crippen LogP contribution is -2.25. The molecule has 0 spiro atoms. The van der Waals surface area contributed by atoms with Gasteiger partial charge in [0.15, 0.2) is 5.78 Å². The van der Waals surface area contributed by atoms with Crippen molar-refractivity contribution in [3.8, 4) is 0 Å². The first-order valence-corrected chi connectivity index (χ1v) is 7.61. The zero-order valence-electron chi connectivity index (χ0n) is 13.5. The third kappa shape index (κ3) is 5.68. The van der Waals surface area contributed by atoms with Crippen molar-refractivity contribution in [2.24, 2.45) is 0 Å². The Kier molecular flexibility index (Phi) is 7.09. The number of carbonyl (C=O) groups is 2. The van der Waals surface area contributed by atoms with Gasteiger partial charge in [0.25, 0.3) is 0 Å². The number of anilines is 1. The van der Waals surface area contributed by atoms with Crippen LogP contribution in [0.2, 0.25) is 0 Å². The Bertz CT molecular complexity index is 492. The Labute approximate surface area is 127 Å². The van der Waals surface area contributed by atoms with Crippen molar-refractivity contribution in [3.05, 3.63) is 29.3 Å². The van der Waals surface area contributed by atoms with Gasteiger partial charge in [-0.1, -0.05) is 13.8 Å². The average Bonchev–Trinajstić information content (AvgIpc) is 2.40. The van der Waals surface area contributed by atoms with Gasteiger partial charge in [0, 0.05) is 24.7 Å². The summed E-state index contributed by atoms with van der Waals surface area (Å²) >= 11 is 0. The van der Waals surface area contributed by atoms with E-state index in [1.54, 1.807) is 13.0 Å². The molecule has 0 saturated carbocycles. The third-order valence-electron chi connectivity index (χ3n) is 3.30. The minimum atomic E-state index is -0.0932. The van der Waals surface area contributed by atoms with E-state index in [0.29, 0.717) is 5.56 Å². The summed E-state index contributed by atoms with van der Waals surface area (Å²) in [4.78, 5) is 25.2. The highest BCUT2D eigenvalue weighted by molar-refractivity contribution is 5.96. The molecule has 0 atom stereocenters. The first-order valence-electron chi connectivity index (χ1n) is 7.61. The standard InChI is InChI=1S/C17H26N2O2/c1-5-9-19(10-6-2)12-16-11-15(13(3)20)7-8-17(16)18-14(4)21/h7-8,11H,5-6,9-10,12H2,1-4H3,(H,18,21). The van der Waals surface area contributed by atoms with E-state index in [2.05, 4.69) is 24.1 Å². The van der Waals surface area contributed by atoms with Gasteiger partial charge < -0.3 is 5.32 Å². The Balaban J connectivity index is 3.05. The van der Waals surface area contributed by atoms with E-state index in [4.69, 9.17) is 0 Å². The summed E-state index contributed by atoms with van der Waals surface area (Å²) in [6.45, 7) is 10.1. The van der Waals surface area contributed by atoms with Gasteiger partial charge in [-0.2, -0.15) is 0 Å². The van der Waals surface area contributed by atoms with Crippen LogP contribution in [0.15, 0.2) is 18.2 Å². The molecule has 0 heterocycles. The minimum absolute atomic E-state index is 0.0446. The fraction of sp³-hybridized carbons (Fsp3) is 0.529. The number of amides is 1. The lowest BCUT2D eigenvalue weighted by molar-refractivity contribution is -0.114. The molecule has 1 amide bonds. The van der Waals surface area contributed by atoms with E-state index in [9.17, 15) is 9.59 Å². The van der Waals surface area contributed by atoms with Crippen molar-refractivity contribution in [3.63, 3.8) is 0 Å². The van der Waals surface area contributed by atoms with Gasteiger partial charge in [-0.25, -0.2) is 0 Å². The number of rotatable bonds is 8. The normalized spacial score (nSPS) is 10.7. The summed E-state index contributed by atoms with van der Waals surface area (Å²) in [6, 6.07) is 5.48. The van der Waals surface area contributed by atoms with Gasteiger partial charge in [0.1, 0.15) is 0 Å². The zero-order valence-corrected chi connectivity index (χ0v) is 13.5. The van der Waals surface area contributed by atoms with Gasteiger partial charge in [-0.3, -0.25) is 14.5 Å². The molecule has 0 bridgehead atoms. The Morgan fingerprint density at radius 3 is 2.19 bits per heavy atom. The second-order valence-electron chi connectivity index (χ2n) is 5.39. The quantitative estimate of drug-likeness (QED) is 0.746. The second kappa shape index (κ2) is 8.57. The molecule has 0 saturated heterocycles. The molecule has 0 unspecified atom stereocenters. The van der Waals surface area contributed by atoms with Crippen LogP contribution in [0.4, 0.5) is 5.69 Å². The minimum Gasteiger partial charge on any atom is -0.326 e. The van der Waals surface area contributed by atoms with Crippen LogP contribution in [0.5, 0.6) is 0 Å². The van der Waals surface area contributed by atoms with Crippen molar-refractivity contribution in [2.75, 3.05) is 18.4 Å². The van der Waals surface area contributed by atoms with E-state index in [1.807, 2.05) is 12.1 Å². The maximum atomic E-state index is 11.6. The largest absolute Gasteiger partial charge is 0.326 e. The first kappa shape index (κ1) is 17.4. The van der Waals surface area contributed by atoms with Gasteiger partial charge in [0.2, 0.25) is 5.91 Å². The smallest absolute Gasteiger partial charge is 0.221 e. The Morgan fingerprint density at radius 1 is 1.10 bits per heavy atom. The summed E-state index contributed by atoms with van der Waals surface area (Å²) in [6.07, 6.45) is 2.17. The highest BCUT2D eigenvalue weighted by Gasteiger charge is 2.11. The Morgan fingerprint density at radius 2 is 1.71 bits per heavy atom. The molecule has 21 heavy (non-hydrogen) atoms. The molecule has 116 valence electrons. The molecule has 1 aromatic rings. The molecule has 4 nitrogen and oxygen atoms in total. The summed E-state index contributed by atoms with van der Waals surface area (Å²) < 4.78 is 0. The SMILES string of the molecule is CCCN(CCC)Cc1cc(C(C)=O)ccc1NC(C)=O. The third-order valence-corrected chi connectivity index (χ3v) is 3.30. The van der Waals surface area contributed by atoms with Crippen LogP contribution in [0.3, 0.4) is 0 Å². The number of carbonyl (C=O) groups excluding carboxylic acids is 2. The molecule has 0 aliphatic heterocycles. The van der Waals surface area contributed by atoms with Gasteiger partial charge in [0.05, 0.1) is 0 Å². The Hall–Kier alpha value is -1.68. The van der Waals surface area contributed by atoms with E-state index >= 15 is 0 Å². The van der Waals surface area contributed by atoms with Crippen molar-refractivity contribution < 1.29 is 9.59 Å². The van der Waals surface area contributed by atoms with Crippen molar-refractivity contribution >= 4 is 17.4 Å². The van der Waals surface area contributed by atoms with Crippen molar-refractivity contribution in [1.82, 2.24) is 4.90 Å². The van der Waals surface area contributed by atoms with E-state index in [1.165, 1.54) is 6.92 Å². The lowest BCUT2D eigenvalue weighted by atomic mass is 10.0. The number of hydrogen-bond acceptors (Lipinski definition) is 3. The molecular formula is C17H26N2O2. The molecule has 0 radical (unpaired) electrons. The monoisotopic (exact) mass is 290 g/mol. The number of Topliss-reactive ketones (excluding diaryl/α,β-unsaturated/α-hetero) is 1. The number of benzene rings is 1. The highest BCUT2D eigenvalue weighted by Crippen LogP contribution is 2.20.